The smallest absolute Gasteiger partial charge is 0.0565 e. The molecule has 2 heteroatoms. The van der Waals surface area contributed by atoms with E-state index < -0.39 is 0 Å². The molecule has 0 spiro atoms. The van der Waals surface area contributed by atoms with Crippen molar-refractivity contribution in [3.63, 3.8) is 0 Å². The van der Waals surface area contributed by atoms with Crippen molar-refractivity contribution < 1.29 is 0 Å². The minimum atomic E-state index is 0.0103. The molecule has 90 valence electrons. The summed E-state index contributed by atoms with van der Waals surface area (Å²) in [5, 5.41) is 0. The van der Waals surface area contributed by atoms with Crippen molar-refractivity contribution in [2.24, 2.45) is 5.73 Å². The number of rotatable bonds is 3. The molecule has 2 rings (SSSR count). The van der Waals surface area contributed by atoms with Crippen molar-refractivity contribution in [1.82, 2.24) is 0 Å². The highest BCUT2D eigenvalue weighted by atomic mass is 32.1. The van der Waals surface area contributed by atoms with Gasteiger partial charge >= 0.3 is 0 Å². The first-order valence-electron chi connectivity index (χ1n) is 6.03. The first-order chi connectivity index (χ1) is 8.13. The van der Waals surface area contributed by atoms with Crippen LogP contribution in [-0.2, 0) is 6.42 Å². The maximum atomic E-state index is 6.41. The number of hydrogen-bond donors (Lipinski definition) is 1. The van der Waals surface area contributed by atoms with E-state index in [0.29, 0.717) is 0 Å². The van der Waals surface area contributed by atoms with E-state index in [4.69, 9.17) is 5.73 Å². The zero-order chi connectivity index (χ0) is 12.4. The minimum absolute atomic E-state index is 0.0103. The number of hydrogen-bond acceptors (Lipinski definition) is 2. The molecule has 2 N–H and O–H groups in total. The van der Waals surface area contributed by atoms with Crippen molar-refractivity contribution in [3.05, 3.63) is 56.8 Å². The van der Waals surface area contributed by atoms with Gasteiger partial charge in [-0.1, -0.05) is 31.2 Å². The van der Waals surface area contributed by atoms with Crippen LogP contribution in [0.2, 0.25) is 0 Å². The number of aryl methyl sites for hydroxylation is 3. The lowest BCUT2D eigenvalue weighted by Gasteiger charge is -2.15. The Hall–Kier alpha value is -1.12. The second-order valence-electron chi connectivity index (χ2n) is 4.40. The lowest BCUT2D eigenvalue weighted by molar-refractivity contribution is 0.847. The van der Waals surface area contributed by atoms with E-state index in [9.17, 15) is 0 Å². The fourth-order valence-electron chi connectivity index (χ4n) is 2.29. The quantitative estimate of drug-likeness (QED) is 0.869. The van der Waals surface area contributed by atoms with Gasteiger partial charge in [0.25, 0.3) is 0 Å². The lowest BCUT2D eigenvalue weighted by Crippen LogP contribution is -2.14. The molecule has 0 saturated carbocycles. The summed E-state index contributed by atoms with van der Waals surface area (Å²) < 4.78 is 0. The molecule has 0 saturated heterocycles. The van der Waals surface area contributed by atoms with Crippen LogP contribution < -0.4 is 5.73 Å². The Bertz CT molecular complexity index is 513. The first-order valence-corrected chi connectivity index (χ1v) is 6.85. The summed E-state index contributed by atoms with van der Waals surface area (Å²) in [6, 6.07) is 10.7. The largest absolute Gasteiger partial charge is 0.320 e. The third-order valence-corrected chi connectivity index (χ3v) is 4.17. The zero-order valence-electron chi connectivity index (χ0n) is 10.7. The predicted molar refractivity (Wildman–Crippen MR) is 75.6 cm³/mol. The summed E-state index contributed by atoms with van der Waals surface area (Å²) in [5.74, 6) is 0. The van der Waals surface area contributed by atoms with Crippen LogP contribution in [0.3, 0.4) is 0 Å². The van der Waals surface area contributed by atoms with E-state index in [1.54, 1.807) is 0 Å². The highest BCUT2D eigenvalue weighted by Gasteiger charge is 2.15. The van der Waals surface area contributed by atoms with E-state index in [-0.39, 0.29) is 6.04 Å². The van der Waals surface area contributed by atoms with Gasteiger partial charge in [-0.05, 0) is 43.0 Å². The van der Waals surface area contributed by atoms with Gasteiger partial charge in [0, 0.05) is 9.75 Å². The van der Waals surface area contributed by atoms with E-state index in [1.807, 2.05) is 11.3 Å². The molecule has 0 aliphatic carbocycles. The maximum Gasteiger partial charge on any atom is 0.0565 e. The molecule has 1 nitrogen and oxygen atoms in total. The number of thiophene rings is 1. The van der Waals surface area contributed by atoms with Crippen LogP contribution in [0.5, 0.6) is 0 Å². The average molecular weight is 245 g/mol. The molecule has 1 aromatic heterocycles. The second kappa shape index (κ2) is 5.03. The predicted octanol–water partition coefficient (Wildman–Crippen LogP) is 3.98. The molecule has 0 aliphatic heterocycles. The van der Waals surface area contributed by atoms with Crippen molar-refractivity contribution >= 4 is 11.3 Å². The Morgan fingerprint density at radius 3 is 2.47 bits per heavy atom. The molecular formula is C15H19NS. The third-order valence-electron chi connectivity index (χ3n) is 3.19. The Morgan fingerprint density at radius 2 is 1.88 bits per heavy atom. The van der Waals surface area contributed by atoms with Gasteiger partial charge in [0.2, 0.25) is 0 Å². The number of nitrogens with two attached hydrogens (primary N) is 1. The Labute approximate surface area is 107 Å². The first kappa shape index (κ1) is 12.3. The lowest BCUT2D eigenvalue weighted by atomic mass is 9.94. The summed E-state index contributed by atoms with van der Waals surface area (Å²) in [6.07, 6.45) is 1.03. The number of benzene rings is 1. The van der Waals surface area contributed by atoms with Gasteiger partial charge in [0.1, 0.15) is 0 Å². The van der Waals surface area contributed by atoms with Gasteiger partial charge in [0.15, 0.2) is 0 Å². The monoisotopic (exact) mass is 245 g/mol. The zero-order valence-corrected chi connectivity index (χ0v) is 11.5. The Balaban J connectivity index is 2.43. The fourth-order valence-corrected chi connectivity index (χ4v) is 3.26. The van der Waals surface area contributed by atoms with E-state index in [2.05, 4.69) is 51.1 Å². The van der Waals surface area contributed by atoms with Gasteiger partial charge in [-0.2, -0.15) is 0 Å². The summed E-state index contributed by atoms with van der Waals surface area (Å²) >= 11 is 1.83. The normalized spacial score (nSPS) is 12.7. The minimum Gasteiger partial charge on any atom is -0.320 e. The molecule has 1 heterocycles. The Kier molecular flexibility index (Phi) is 3.65. The highest BCUT2D eigenvalue weighted by Crippen LogP contribution is 2.30. The standard InChI is InChI=1S/C15H19NS/c1-4-12-7-5-6-8-13(12)15(16)14-9-10(2)17-11(14)3/h5-9,15H,4,16H2,1-3H3. The van der Waals surface area contributed by atoms with Crippen LogP contribution in [0.25, 0.3) is 0 Å². The van der Waals surface area contributed by atoms with E-state index >= 15 is 0 Å². The summed E-state index contributed by atoms with van der Waals surface area (Å²) in [7, 11) is 0. The highest BCUT2D eigenvalue weighted by molar-refractivity contribution is 7.12. The molecule has 0 radical (unpaired) electrons. The van der Waals surface area contributed by atoms with Gasteiger partial charge in [0.05, 0.1) is 6.04 Å². The van der Waals surface area contributed by atoms with Crippen LogP contribution in [0.15, 0.2) is 30.3 Å². The summed E-state index contributed by atoms with van der Waals surface area (Å²) in [6.45, 7) is 6.47. The summed E-state index contributed by atoms with van der Waals surface area (Å²) in [4.78, 5) is 2.67. The van der Waals surface area contributed by atoms with Gasteiger partial charge < -0.3 is 5.73 Å². The van der Waals surface area contributed by atoms with Crippen LogP contribution in [0, 0.1) is 13.8 Å². The molecule has 2 aromatic rings. The van der Waals surface area contributed by atoms with Crippen LogP contribution >= 0.6 is 11.3 Å². The third kappa shape index (κ3) is 2.43. The van der Waals surface area contributed by atoms with Crippen molar-refractivity contribution in [2.75, 3.05) is 0 Å². The van der Waals surface area contributed by atoms with Gasteiger partial charge in [-0.25, -0.2) is 0 Å². The molecule has 17 heavy (non-hydrogen) atoms. The van der Waals surface area contributed by atoms with E-state index in [1.165, 1.54) is 26.4 Å². The van der Waals surface area contributed by atoms with Crippen molar-refractivity contribution in [3.8, 4) is 0 Å². The molecule has 0 bridgehead atoms. The average Bonchev–Trinajstić information content (AvgIpc) is 2.67. The van der Waals surface area contributed by atoms with Crippen molar-refractivity contribution in [2.45, 2.75) is 33.2 Å². The van der Waals surface area contributed by atoms with Crippen molar-refractivity contribution in [1.29, 1.82) is 0 Å². The molecule has 0 amide bonds. The van der Waals surface area contributed by atoms with Crippen LogP contribution in [0.1, 0.15) is 39.4 Å². The second-order valence-corrected chi connectivity index (χ2v) is 5.86. The SMILES string of the molecule is CCc1ccccc1C(N)c1cc(C)sc1C. The van der Waals surface area contributed by atoms with Crippen LogP contribution in [-0.4, -0.2) is 0 Å². The van der Waals surface area contributed by atoms with Crippen LogP contribution in [0.4, 0.5) is 0 Å². The molecular weight excluding hydrogens is 226 g/mol. The molecule has 1 unspecified atom stereocenters. The van der Waals surface area contributed by atoms with Gasteiger partial charge in [-0.15, -0.1) is 11.3 Å². The molecule has 0 fully saturated rings. The molecule has 1 atom stereocenters. The van der Waals surface area contributed by atoms with Gasteiger partial charge in [-0.3, -0.25) is 0 Å². The Morgan fingerprint density at radius 1 is 1.18 bits per heavy atom. The van der Waals surface area contributed by atoms with E-state index in [0.717, 1.165) is 6.42 Å². The topological polar surface area (TPSA) is 26.0 Å². The molecule has 1 aromatic carbocycles. The fraction of sp³-hybridized carbons (Fsp3) is 0.333. The summed E-state index contributed by atoms with van der Waals surface area (Å²) in [5.41, 5.74) is 10.3. The molecule has 0 aliphatic rings. The maximum absolute atomic E-state index is 6.41.